The fourth-order valence-corrected chi connectivity index (χ4v) is 2.24. The number of benzene rings is 2. The van der Waals surface area contributed by atoms with Crippen LogP contribution in [0.25, 0.3) is 11.1 Å². The van der Waals surface area contributed by atoms with E-state index in [1.165, 1.54) is 16.7 Å². The minimum Gasteiger partial charge on any atom is -0.496 e. The Labute approximate surface area is 108 Å². The van der Waals surface area contributed by atoms with E-state index in [2.05, 4.69) is 38.1 Å². The molecule has 0 radical (unpaired) electrons. The fraction of sp³-hybridized carbons (Fsp3) is 0.250. The summed E-state index contributed by atoms with van der Waals surface area (Å²) in [7, 11) is 1.70. The van der Waals surface area contributed by atoms with Gasteiger partial charge in [0.2, 0.25) is 0 Å². The van der Waals surface area contributed by atoms with Crippen LogP contribution in [0.4, 0.5) is 0 Å². The molecule has 2 aromatic rings. The molecule has 2 aromatic carbocycles. The number of rotatable bonds is 3. The van der Waals surface area contributed by atoms with Crippen molar-refractivity contribution in [3.8, 4) is 16.9 Å². The average Bonchev–Trinajstić information content (AvgIpc) is 2.36. The van der Waals surface area contributed by atoms with Crippen molar-refractivity contribution in [2.75, 3.05) is 7.11 Å². The van der Waals surface area contributed by atoms with Crippen molar-refractivity contribution >= 4 is 0 Å². The zero-order valence-corrected chi connectivity index (χ0v) is 11.2. The van der Waals surface area contributed by atoms with Gasteiger partial charge >= 0.3 is 0 Å². The first-order valence-electron chi connectivity index (χ1n) is 6.09. The highest BCUT2D eigenvalue weighted by molar-refractivity contribution is 5.72. The van der Waals surface area contributed by atoms with Gasteiger partial charge in [-0.3, -0.25) is 0 Å². The van der Waals surface area contributed by atoms with Crippen molar-refractivity contribution in [3.05, 3.63) is 53.1 Å². The zero-order chi connectivity index (χ0) is 13.1. The van der Waals surface area contributed by atoms with E-state index in [4.69, 9.17) is 10.5 Å². The summed E-state index contributed by atoms with van der Waals surface area (Å²) in [5, 5.41) is 0. The molecule has 0 unspecified atom stereocenters. The molecule has 0 aromatic heterocycles. The van der Waals surface area contributed by atoms with Crippen LogP contribution in [-0.4, -0.2) is 7.11 Å². The molecular weight excluding hydrogens is 222 g/mol. The van der Waals surface area contributed by atoms with Crippen LogP contribution in [0.15, 0.2) is 36.4 Å². The van der Waals surface area contributed by atoms with Gasteiger partial charge in [0.15, 0.2) is 0 Å². The lowest BCUT2D eigenvalue weighted by Gasteiger charge is -2.12. The first-order valence-corrected chi connectivity index (χ1v) is 6.09. The van der Waals surface area contributed by atoms with Crippen molar-refractivity contribution in [2.24, 2.45) is 5.73 Å². The van der Waals surface area contributed by atoms with Gasteiger partial charge in [-0.2, -0.15) is 0 Å². The van der Waals surface area contributed by atoms with Gasteiger partial charge in [-0.1, -0.05) is 35.4 Å². The molecule has 0 heterocycles. The standard InChI is InChI=1S/C16H19NO/c1-11-6-12(2)8-14(7-11)15-9-13(10-17)4-5-16(15)18-3/h4-9H,10,17H2,1-3H3. The Bertz CT molecular complexity index is 541. The topological polar surface area (TPSA) is 35.2 Å². The Morgan fingerprint density at radius 2 is 1.67 bits per heavy atom. The molecular formula is C16H19NO. The summed E-state index contributed by atoms with van der Waals surface area (Å²) < 4.78 is 5.44. The summed E-state index contributed by atoms with van der Waals surface area (Å²) in [6, 6.07) is 12.6. The lowest BCUT2D eigenvalue weighted by atomic mass is 9.98. The smallest absolute Gasteiger partial charge is 0.126 e. The molecule has 2 heteroatoms. The second-order valence-corrected chi connectivity index (χ2v) is 4.62. The van der Waals surface area contributed by atoms with E-state index in [-0.39, 0.29) is 0 Å². The van der Waals surface area contributed by atoms with Gasteiger partial charge in [0.25, 0.3) is 0 Å². The third-order valence-electron chi connectivity index (χ3n) is 3.03. The first kappa shape index (κ1) is 12.7. The molecule has 0 saturated carbocycles. The Hall–Kier alpha value is -1.80. The van der Waals surface area contributed by atoms with Crippen LogP contribution in [0.3, 0.4) is 0 Å². The quantitative estimate of drug-likeness (QED) is 0.893. The van der Waals surface area contributed by atoms with E-state index in [9.17, 15) is 0 Å². The number of hydrogen-bond donors (Lipinski definition) is 1. The Morgan fingerprint density at radius 1 is 1.00 bits per heavy atom. The molecule has 0 spiro atoms. The van der Waals surface area contributed by atoms with Crippen molar-refractivity contribution in [3.63, 3.8) is 0 Å². The van der Waals surface area contributed by atoms with Gasteiger partial charge in [0.05, 0.1) is 7.11 Å². The maximum absolute atomic E-state index is 5.71. The Morgan fingerprint density at radius 3 is 2.22 bits per heavy atom. The molecule has 2 N–H and O–H groups in total. The molecule has 0 atom stereocenters. The molecule has 0 aliphatic rings. The van der Waals surface area contributed by atoms with Crippen LogP contribution in [0, 0.1) is 13.8 Å². The van der Waals surface area contributed by atoms with Gasteiger partial charge < -0.3 is 10.5 Å². The predicted octanol–water partition coefficient (Wildman–Crippen LogP) is 3.44. The van der Waals surface area contributed by atoms with E-state index in [0.717, 1.165) is 16.9 Å². The minimum absolute atomic E-state index is 0.543. The van der Waals surface area contributed by atoms with Crippen LogP contribution in [0.5, 0.6) is 5.75 Å². The van der Waals surface area contributed by atoms with Gasteiger partial charge in [-0.15, -0.1) is 0 Å². The second-order valence-electron chi connectivity index (χ2n) is 4.62. The Balaban J connectivity index is 2.60. The lowest BCUT2D eigenvalue weighted by molar-refractivity contribution is 0.416. The average molecular weight is 241 g/mol. The third-order valence-corrected chi connectivity index (χ3v) is 3.03. The molecule has 94 valence electrons. The summed E-state index contributed by atoms with van der Waals surface area (Å²) >= 11 is 0. The van der Waals surface area contributed by atoms with E-state index < -0.39 is 0 Å². The lowest BCUT2D eigenvalue weighted by Crippen LogP contribution is -1.98. The number of ether oxygens (including phenoxy) is 1. The van der Waals surface area contributed by atoms with Crippen molar-refractivity contribution < 1.29 is 4.74 Å². The maximum Gasteiger partial charge on any atom is 0.126 e. The zero-order valence-electron chi connectivity index (χ0n) is 11.2. The third kappa shape index (κ3) is 2.54. The molecule has 0 bridgehead atoms. The van der Waals surface area contributed by atoms with Crippen molar-refractivity contribution in [1.29, 1.82) is 0 Å². The maximum atomic E-state index is 5.71. The summed E-state index contributed by atoms with van der Waals surface area (Å²) in [5.41, 5.74) is 11.6. The highest BCUT2D eigenvalue weighted by atomic mass is 16.5. The summed E-state index contributed by atoms with van der Waals surface area (Å²) in [6.07, 6.45) is 0. The van der Waals surface area contributed by atoms with Crippen molar-refractivity contribution in [2.45, 2.75) is 20.4 Å². The minimum atomic E-state index is 0.543. The molecule has 2 nitrogen and oxygen atoms in total. The monoisotopic (exact) mass is 241 g/mol. The second kappa shape index (κ2) is 5.23. The van der Waals surface area contributed by atoms with Crippen LogP contribution in [0.1, 0.15) is 16.7 Å². The number of hydrogen-bond acceptors (Lipinski definition) is 2. The highest BCUT2D eigenvalue weighted by Crippen LogP contribution is 2.32. The van der Waals surface area contributed by atoms with Crippen LogP contribution in [0.2, 0.25) is 0 Å². The number of nitrogens with two attached hydrogens (primary N) is 1. The fourth-order valence-electron chi connectivity index (χ4n) is 2.24. The molecule has 0 saturated heterocycles. The van der Waals surface area contributed by atoms with Crippen LogP contribution >= 0.6 is 0 Å². The van der Waals surface area contributed by atoms with Crippen LogP contribution < -0.4 is 10.5 Å². The van der Waals surface area contributed by atoms with E-state index >= 15 is 0 Å². The number of aryl methyl sites for hydroxylation is 2. The highest BCUT2D eigenvalue weighted by Gasteiger charge is 2.07. The SMILES string of the molecule is COc1ccc(CN)cc1-c1cc(C)cc(C)c1. The summed E-state index contributed by atoms with van der Waals surface area (Å²) in [5.74, 6) is 0.886. The van der Waals surface area contributed by atoms with E-state index in [1.807, 2.05) is 12.1 Å². The van der Waals surface area contributed by atoms with Gasteiger partial charge in [0.1, 0.15) is 5.75 Å². The molecule has 18 heavy (non-hydrogen) atoms. The molecule has 0 aliphatic heterocycles. The molecule has 0 fully saturated rings. The van der Waals surface area contributed by atoms with E-state index in [1.54, 1.807) is 7.11 Å². The summed E-state index contributed by atoms with van der Waals surface area (Å²) in [4.78, 5) is 0. The molecule has 0 aliphatic carbocycles. The van der Waals surface area contributed by atoms with E-state index in [0.29, 0.717) is 6.54 Å². The largest absolute Gasteiger partial charge is 0.496 e. The first-order chi connectivity index (χ1) is 8.63. The molecule has 2 rings (SSSR count). The number of methoxy groups -OCH3 is 1. The van der Waals surface area contributed by atoms with Gasteiger partial charge in [-0.25, -0.2) is 0 Å². The van der Waals surface area contributed by atoms with Crippen molar-refractivity contribution in [1.82, 2.24) is 0 Å². The normalized spacial score (nSPS) is 10.4. The van der Waals surface area contributed by atoms with Crippen LogP contribution in [-0.2, 0) is 6.54 Å². The summed E-state index contributed by atoms with van der Waals surface area (Å²) in [6.45, 7) is 4.76. The van der Waals surface area contributed by atoms with Gasteiger partial charge in [0, 0.05) is 12.1 Å². The predicted molar refractivity (Wildman–Crippen MR) is 75.8 cm³/mol. The van der Waals surface area contributed by atoms with Gasteiger partial charge in [-0.05, 0) is 37.1 Å². The Kier molecular flexibility index (Phi) is 3.68. The molecule has 0 amide bonds.